The zero-order valence-corrected chi connectivity index (χ0v) is 13.3. The van der Waals surface area contributed by atoms with E-state index in [-0.39, 0.29) is 11.9 Å². The number of anilines is 2. The van der Waals surface area contributed by atoms with E-state index < -0.39 is 6.04 Å². The van der Waals surface area contributed by atoms with Crippen molar-refractivity contribution in [3.8, 4) is 0 Å². The molecule has 1 aliphatic heterocycles. The van der Waals surface area contributed by atoms with Crippen molar-refractivity contribution in [1.29, 1.82) is 0 Å². The molecule has 0 aliphatic carbocycles. The van der Waals surface area contributed by atoms with E-state index in [2.05, 4.69) is 0 Å². The minimum Gasteiger partial charge on any atom is -0.399 e. The Bertz CT molecular complexity index is 761. The van der Waals surface area contributed by atoms with E-state index >= 15 is 0 Å². The van der Waals surface area contributed by atoms with Gasteiger partial charge in [-0.15, -0.1) is 0 Å². The fourth-order valence-electron chi connectivity index (χ4n) is 2.63. The Morgan fingerprint density at radius 1 is 1.13 bits per heavy atom. The summed E-state index contributed by atoms with van der Waals surface area (Å²) in [5.74, 6) is -0.249. The molecule has 6 heteroatoms. The van der Waals surface area contributed by atoms with Crippen molar-refractivity contribution in [1.82, 2.24) is 4.90 Å². The molecule has 1 saturated heterocycles. The first-order valence-electron chi connectivity index (χ1n) is 7.22. The lowest BCUT2D eigenvalue weighted by atomic mass is 10.2. The van der Waals surface area contributed by atoms with Crippen LogP contribution in [-0.2, 0) is 11.3 Å². The van der Waals surface area contributed by atoms with Crippen LogP contribution in [0.5, 0.6) is 0 Å². The van der Waals surface area contributed by atoms with E-state index in [4.69, 9.17) is 17.3 Å². The Kier molecular flexibility index (Phi) is 3.96. The summed E-state index contributed by atoms with van der Waals surface area (Å²) in [5, 5.41) is 0.553. The zero-order chi connectivity index (χ0) is 16.6. The number of amides is 3. The van der Waals surface area contributed by atoms with Crippen molar-refractivity contribution in [3.63, 3.8) is 0 Å². The Morgan fingerprint density at radius 2 is 1.83 bits per heavy atom. The van der Waals surface area contributed by atoms with Crippen LogP contribution in [0.1, 0.15) is 12.5 Å². The number of nitrogen functional groups attached to an aromatic ring is 1. The second-order valence-corrected chi connectivity index (χ2v) is 5.92. The van der Waals surface area contributed by atoms with E-state index in [0.717, 1.165) is 5.56 Å². The SMILES string of the molecule is C[C@H]1C(=O)N(c2ccc(Cl)cc2)C(=O)N1Cc1cccc(N)c1. The summed E-state index contributed by atoms with van der Waals surface area (Å²) in [4.78, 5) is 27.9. The van der Waals surface area contributed by atoms with Crippen LogP contribution >= 0.6 is 11.6 Å². The molecule has 0 radical (unpaired) electrons. The predicted molar refractivity (Wildman–Crippen MR) is 90.2 cm³/mol. The highest BCUT2D eigenvalue weighted by atomic mass is 35.5. The number of rotatable bonds is 3. The van der Waals surface area contributed by atoms with Crippen molar-refractivity contribution < 1.29 is 9.59 Å². The summed E-state index contributed by atoms with van der Waals surface area (Å²) in [5.41, 5.74) is 7.80. The Morgan fingerprint density at radius 3 is 2.48 bits per heavy atom. The van der Waals surface area contributed by atoms with Crippen LogP contribution in [0, 0.1) is 0 Å². The molecule has 0 bridgehead atoms. The average molecular weight is 330 g/mol. The van der Waals surface area contributed by atoms with Crippen molar-refractivity contribution in [2.45, 2.75) is 19.5 Å². The maximum absolute atomic E-state index is 12.7. The number of urea groups is 1. The molecule has 0 unspecified atom stereocenters. The largest absolute Gasteiger partial charge is 0.399 e. The third kappa shape index (κ3) is 2.87. The highest BCUT2D eigenvalue weighted by Gasteiger charge is 2.43. The smallest absolute Gasteiger partial charge is 0.332 e. The van der Waals surface area contributed by atoms with Crippen molar-refractivity contribution in [2.75, 3.05) is 10.6 Å². The van der Waals surface area contributed by atoms with E-state index in [1.54, 1.807) is 43.3 Å². The number of carbonyl (C=O) groups is 2. The summed E-state index contributed by atoms with van der Waals surface area (Å²) >= 11 is 5.86. The lowest BCUT2D eigenvalue weighted by Crippen LogP contribution is -2.33. The van der Waals surface area contributed by atoms with Gasteiger partial charge in [-0.05, 0) is 48.9 Å². The molecule has 2 aromatic rings. The van der Waals surface area contributed by atoms with Gasteiger partial charge in [-0.3, -0.25) is 4.79 Å². The van der Waals surface area contributed by atoms with Gasteiger partial charge in [0, 0.05) is 17.3 Å². The summed E-state index contributed by atoms with van der Waals surface area (Å²) in [6, 6.07) is 13.1. The highest BCUT2D eigenvalue weighted by Crippen LogP contribution is 2.27. The molecule has 2 aromatic carbocycles. The molecule has 5 nitrogen and oxygen atoms in total. The monoisotopic (exact) mass is 329 g/mol. The fourth-order valence-corrected chi connectivity index (χ4v) is 2.76. The van der Waals surface area contributed by atoms with Gasteiger partial charge in [-0.25, -0.2) is 9.69 Å². The maximum Gasteiger partial charge on any atom is 0.332 e. The second kappa shape index (κ2) is 5.93. The highest BCUT2D eigenvalue weighted by molar-refractivity contribution is 6.30. The van der Waals surface area contributed by atoms with Crippen LogP contribution in [0.2, 0.25) is 5.02 Å². The fraction of sp³-hybridized carbons (Fsp3) is 0.176. The van der Waals surface area contributed by atoms with Gasteiger partial charge < -0.3 is 10.6 Å². The van der Waals surface area contributed by atoms with Crippen LogP contribution < -0.4 is 10.6 Å². The molecule has 1 heterocycles. The molecule has 2 N–H and O–H groups in total. The van der Waals surface area contributed by atoms with Gasteiger partial charge in [0.2, 0.25) is 0 Å². The van der Waals surface area contributed by atoms with E-state index in [1.165, 1.54) is 9.80 Å². The number of hydrogen-bond acceptors (Lipinski definition) is 3. The molecule has 0 aromatic heterocycles. The molecule has 0 saturated carbocycles. The number of nitrogens with zero attached hydrogens (tertiary/aromatic N) is 2. The molecule has 1 fully saturated rings. The lowest BCUT2D eigenvalue weighted by Gasteiger charge is -2.19. The van der Waals surface area contributed by atoms with Gasteiger partial charge in [0.15, 0.2) is 0 Å². The first-order valence-corrected chi connectivity index (χ1v) is 7.60. The van der Waals surface area contributed by atoms with Crippen LogP contribution in [0.3, 0.4) is 0 Å². The van der Waals surface area contributed by atoms with Gasteiger partial charge in [0.05, 0.1) is 5.69 Å². The van der Waals surface area contributed by atoms with Crippen molar-refractivity contribution >= 4 is 34.9 Å². The molecular formula is C17H16ClN3O2. The quantitative estimate of drug-likeness (QED) is 0.694. The third-order valence-corrected chi connectivity index (χ3v) is 4.12. The van der Waals surface area contributed by atoms with E-state index in [1.807, 2.05) is 12.1 Å². The number of halogens is 1. The Hall–Kier alpha value is -2.53. The molecule has 1 aliphatic rings. The molecule has 1 atom stereocenters. The van der Waals surface area contributed by atoms with Crippen molar-refractivity contribution in [3.05, 3.63) is 59.1 Å². The molecule has 0 spiro atoms. The van der Waals surface area contributed by atoms with Crippen LogP contribution in [0.15, 0.2) is 48.5 Å². The normalized spacial score (nSPS) is 17.9. The van der Waals surface area contributed by atoms with Gasteiger partial charge >= 0.3 is 6.03 Å². The van der Waals surface area contributed by atoms with Crippen molar-refractivity contribution in [2.24, 2.45) is 0 Å². The minimum atomic E-state index is -0.528. The first-order chi connectivity index (χ1) is 11.0. The molecule has 3 amide bonds. The molecule has 23 heavy (non-hydrogen) atoms. The second-order valence-electron chi connectivity index (χ2n) is 5.48. The topological polar surface area (TPSA) is 66.6 Å². The predicted octanol–water partition coefficient (Wildman–Crippen LogP) is 3.28. The average Bonchev–Trinajstić information content (AvgIpc) is 2.73. The molecule has 118 valence electrons. The van der Waals surface area contributed by atoms with Gasteiger partial charge in [-0.2, -0.15) is 0 Å². The first kappa shape index (κ1) is 15.4. The summed E-state index contributed by atoms with van der Waals surface area (Å²) in [6.45, 7) is 2.06. The summed E-state index contributed by atoms with van der Waals surface area (Å²) in [7, 11) is 0. The van der Waals surface area contributed by atoms with E-state index in [0.29, 0.717) is 22.9 Å². The molecular weight excluding hydrogens is 314 g/mol. The van der Waals surface area contributed by atoms with Crippen LogP contribution in [0.25, 0.3) is 0 Å². The number of imide groups is 1. The maximum atomic E-state index is 12.7. The number of hydrogen-bond donors (Lipinski definition) is 1. The third-order valence-electron chi connectivity index (χ3n) is 3.87. The van der Waals surface area contributed by atoms with Gasteiger partial charge in [0.25, 0.3) is 5.91 Å². The zero-order valence-electron chi connectivity index (χ0n) is 12.6. The number of benzene rings is 2. The van der Waals surface area contributed by atoms with Crippen LogP contribution in [-0.4, -0.2) is 22.9 Å². The molecule has 3 rings (SSSR count). The number of nitrogens with two attached hydrogens (primary N) is 1. The van der Waals surface area contributed by atoms with Gasteiger partial charge in [0.1, 0.15) is 6.04 Å². The minimum absolute atomic E-state index is 0.249. The Labute approximate surface area is 139 Å². The van der Waals surface area contributed by atoms with E-state index in [9.17, 15) is 9.59 Å². The Balaban J connectivity index is 1.87. The number of carbonyl (C=O) groups excluding carboxylic acids is 2. The summed E-state index contributed by atoms with van der Waals surface area (Å²) < 4.78 is 0. The summed E-state index contributed by atoms with van der Waals surface area (Å²) in [6.07, 6.45) is 0. The van der Waals surface area contributed by atoms with Crippen LogP contribution in [0.4, 0.5) is 16.2 Å². The lowest BCUT2D eigenvalue weighted by molar-refractivity contribution is -0.119. The standard InChI is InChI=1S/C17H16ClN3O2/c1-11-16(22)21(15-7-5-13(18)6-8-15)17(23)20(11)10-12-3-2-4-14(19)9-12/h2-9,11H,10,19H2,1H3/t11-/m0/s1. The van der Waals surface area contributed by atoms with Gasteiger partial charge in [-0.1, -0.05) is 23.7 Å².